The fourth-order valence-corrected chi connectivity index (χ4v) is 13.1. The number of hydrogen-bond donors (Lipinski definition) is 0. The van der Waals surface area contributed by atoms with Crippen LogP contribution in [0, 0.1) is 0 Å². The predicted molar refractivity (Wildman–Crippen MR) is 70.9 cm³/mol. The van der Waals surface area contributed by atoms with Crippen LogP contribution < -0.4 is 48.0 Å². The van der Waals surface area contributed by atoms with Crippen molar-refractivity contribution in [3.63, 3.8) is 0 Å². The van der Waals surface area contributed by atoms with Crippen LogP contribution in [0.2, 0.25) is 13.1 Å². The number of rotatable bonds is 3. The number of hydrogen-bond acceptors (Lipinski definition) is 0. The molecule has 1 aromatic rings. The Morgan fingerprint density at radius 2 is 1.78 bits per heavy atom. The molecule has 0 radical (unpaired) electrons. The SMILES string of the molecule is CCC1=C(C)c2ccccc2[CH]1[Zr+2][SiH](C)C.[I-].[I-]. The van der Waals surface area contributed by atoms with Gasteiger partial charge in [0.1, 0.15) is 0 Å². The van der Waals surface area contributed by atoms with E-state index in [1.54, 1.807) is 22.3 Å². The van der Waals surface area contributed by atoms with Crippen molar-refractivity contribution in [3.05, 3.63) is 41.0 Å². The third-order valence-corrected chi connectivity index (χ3v) is 13.4. The van der Waals surface area contributed by atoms with Crippen molar-refractivity contribution < 1.29 is 70.3 Å². The van der Waals surface area contributed by atoms with Crippen LogP contribution in [-0.4, -0.2) is 5.92 Å². The zero-order valence-electron chi connectivity index (χ0n) is 11.4. The topological polar surface area (TPSA) is 0 Å². The molecule has 1 atom stereocenters. The van der Waals surface area contributed by atoms with Crippen LogP contribution in [0.5, 0.6) is 0 Å². The van der Waals surface area contributed by atoms with Crippen LogP contribution in [0.15, 0.2) is 29.8 Å². The molecule has 0 heterocycles. The molecule has 0 aliphatic heterocycles. The first-order valence-electron chi connectivity index (χ1n) is 6.20. The second kappa shape index (κ2) is 8.73. The maximum absolute atomic E-state index is 2.54. The third-order valence-electron chi connectivity index (χ3n) is 3.39. The van der Waals surface area contributed by atoms with Crippen LogP contribution in [-0.2, 0) is 22.4 Å². The molecule has 1 unspecified atom stereocenters. The van der Waals surface area contributed by atoms with Gasteiger partial charge < -0.3 is 48.0 Å². The largest absolute Gasteiger partial charge is 1.00 e. The Bertz CT molecular complexity index is 430. The van der Waals surface area contributed by atoms with Crippen molar-refractivity contribution in [2.75, 3.05) is 0 Å². The Kier molecular flexibility index (Phi) is 9.47. The van der Waals surface area contributed by atoms with Gasteiger partial charge in [-0.3, -0.25) is 0 Å². The molecular formula is C14H20I2SiZr. The average Bonchev–Trinajstić information content (AvgIpc) is 2.52. The minimum Gasteiger partial charge on any atom is -1.00 e. The van der Waals surface area contributed by atoms with Crippen molar-refractivity contribution in [1.82, 2.24) is 0 Å². The summed E-state index contributed by atoms with van der Waals surface area (Å²) in [5, 5.41) is 0. The molecule has 1 aliphatic carbocycles. The molecule has 0 bridgehead atoms. The number of fused-ring (bicyclic) bond motifs is 1. The predicted octanol–water partition coefficient (Wildman–Crippen LogP) is -2.00. The number of allylic oxidation sites excluding steroid dienone is 2. The standard InChI is InChI=1S/C12H13.C2H7Si.2HI.Zr/c1-3-10-8-11-6-4-5-7-12(11)9(10)2;1-3-2;;;/h4-8H,3H2,1-2H3;3H,1-2H3;2*1H;/q;;;;+2/p-2. The second-order valence-corrected chi connectivity index (χ2v) is 19.9. The molecule has 18 heavy (non-hydrogen) atoms. The monoisotopic (exact) mass is 560 g/mol. The van der Waals surface area contributed by atoms with Crippen LogP contribution in [0.1, 0.15) is 35.0 Å². The van der Waals surface area contributed by atoms with Gasteiger partial charge in [0.2, 0.25) is 0 Å². The Morgan fingerprint density at radius 3 is 2.33 bits per heavy atom. The maximum atomic E-state index is 2.54. The van der Waals surface area contributed by atoms with Gasteiger partial charge in [0, 0.05) is 0 Å². The normalized spacial score (nSPS) is 16.8. The Morgan fingerprint density at radius 1 is 1.17 bits per heavy atom. The first-order chi connectivity index (χ1) is 7.65. The van der Waals surface area contributed by atoms with Crippen molar-refractivity contribution in [3.8, 4) is 0 Å². The van der Waals surface area contributed by atoms with Crippen molar-refractivity contribution in [1.29, 1.82) is 0 Å². The molecule has 98 valence electrons. The molecule has 0 spiro atoms. The Labute approximate surface area is 158 Å². The van der Waals surface area contributed by atoms with Gasteiger partial charge in [0.25, 0.3) is 0 Å². The summed E-state index contributed by atoms with van der Waals surface area (Å²) in [4.78, 5) is 0. The summed E-state index contributed by atoms with van der Waals surface area (Å²) in [6, 6.07) is 9.11. The van der Waals surface area contributed by atoms with Gasteiger partial charge in [-0.2, -0.15) is 0 Å². The Hall–Kier alpha value is 1.52. The van der Waals surface area contributed by atoms with Crippen molar-refractivity contribution in [2.45, 2.75) is 37.0 Å². The molecule has 0 aromatic heterocycles. The number of benzene rings is 1. The van der Waals surface area contributed by atoms with Crippen LogP contribution in [0.25, 0.3) is 5.57 Å². The summed E-state index contributed by atoms with van der Waals surface area (Å²) in [7, 11) is 0. The first-order valence-corrected chi connectivity index (χ1v) is 14.8. The summed E-state index contributed by atoms with van der Waals surface area (Å²) >= 11 is -0.192. The molecule has 0 amide bonds. The van der Waals surface area contributed by atoms with Crippen LogP contribution in [0.4, 0.5) is 0 Å². The van der Waals surface area contributed by atoms with E-state index in [2.05, 4.69) is 51.2 Å². The van der Waals surface area contributed by atoms with Crippen LogP contribution >= 0.6 is 0 Å². The van der Waals surface area contributed by atoms with E-state index in [4.69, 9.17) is 0 Å². The summed E-state index contributed by atoms with van der Waals surface area (Å²) in [6.07, 6.45) is 1.26. The summed E-state index contributed by atoms with van der Waals surface area (Å²) in [6.45, 7) is 9.74. The zero-order valence-corrected chi connectivity index (χ0v) is 19.4. The van der Waals surface area contributed by atoms with Crippen molar-refractivity contribution in [2.24, 2.45) is 0 Å². The van der Waals surface area contributed by atoms with Gasteiger partial charge in [0.15, 0.2) is 0 Å². The van der Waals surface area contributed by atoms with E-state index < -0.39 is 0 Å². The molecule has 4 heteroatoms. The van der Waals surface area contributed by atoms with E-state index in [9.17, 15) is 0 Å². The number of halogens is 2. The molecule has 1 aromatic carbocycles. The Balaban J connectivity index is 0.00000144. The van der Waals surface area contributed by atoms with Gasteiger partial charge in [-0.05, 0) is 0 Å². The van der Waals surface area contributed by atoms with Gasteiger partial charge >= 0.3 is 112 Å². The van der Waals surface area contributed by atoms with E-state index in [0.29, 0.717) is 0 Å². The maximum Gasteiger partial charge on any atom is -1.00 e. The fraction of sp³-hybridized carbons (Fsp3) is 0.429. The molecular weight excluding hydrogens is 541 g/mol. The minimum absolute atomic E-state index is 0. The van der Waals surface area contributed by atoms with E-state index >= 15 is 0 Å². The van der Waals surface area contributed by atoms with E-state index in [1.165, 1.54) is 6.42 Å². The van der Waals surface area contributed by atoms with Crippen molar-refractivity contribution >= 4 is 11.5 Å². The van der Waals surface area contributed by atoms with Crippen LogP contribution in [0.3, 0.4) is 0 Å². The summed E-state index contributed by atoms with van der Waals surface area (Å²) < 4.78 is 0.913. The van der Waals surface area contributed by atoms with Gasteiger partial charge in [-0.15, -0.1) is 0 Å². The molecule has 2 rings (SSSR count). The second-order valence-electron chi connectivity index (χ2n) is 4.85. The van der Waals surface area contributed by atoms with E-state index in [0.717, 1.165) is 3.63 Å². The summed E-state index contributed by atoms with van der Waals surface area (Å²) in [5.41, 5.74) is 6.59. The summed E-state index contributed by atoms with van der Waals surface area (Å²) in [5.74, 6) is -0.326. The zero-order chi connectivity index (χ0) is 11.7. The first kappa shape index (κ1) is 19.5. The van der Waals surface area contributed by atoms with Gasteiger partial charge in [0.05, 0.1) is 0 Å². The molecule has 0 saturated heterocycles. The third kappa shape index (κ3) is 4.01. The smallest absolute Gasteiger partial charge is 1.00 e. The van der Waals surface area contributed by atoms with E-state index in [1.807, 2.05) is 0 Å². The average molecular weight is 561 g/mol. The quantitative estimate of drug-likeness (QED) is 0.296. The minimum atomic E-state index is -0.326. The van der Waals surface area contributed by atoms with Gasteiger partial charge in [-0.1, -0.05) is 0 Å². The van der Waals surface area contributed by atoms with Gasteiger partial charge in [-0.25, -0.2) is 0 Å². The molecule has 1 aliphatic rings. The molecule has 0 nitrogen and oxygen atoms in total. The molecule has 0 saturated carbocycles. The fourth-order valence-electron chi connectivity index (χ4n) is 2.66. The van der Waals surface area contributed by atoms with E-state index in [-0.39, 0.29) is 76.3 Å². The molecule has 0 fully saturated rings. The molecule has 0 N–H and O–H groups in total.